The Morgan fingerprint density at radius 2 is 1.80 bits per heavy atom. The zero-order chi connectivity index (χ0) is 24.7. The minimum atomic E-state index is -4.56. The first-order valence-electron chi connectivity index (χ1n) is 10.2. The molecule has 3 aromatic carbocycles. The number of H-pyrrole nitrogens is 1. The number of alkyl halides is 3. The van der Waals surface area contributed by atoms with E-state index in [1.807, 2.05) is 0 Å². The molecular weight excluding hydrogens is 492 g/mol. The third kappa shape index (κ3) is 4.42. The van der Waals surface area contributed by atoms with E-state index in [2.05, 4.69) is 20.6 Å². The van der Waals surface area contributed by atoms with Crippen molar-refractivity contribution >= 4 is 45.9 Å². The molecule has 0 saturated carbocycles. The molecule has 2 heterocycles. The molecule has 0 saturated heterocycles. The van der Waals surface area contributed by atoms with Gasteiger partial charge in [-0.25, -0.2) is 9.37 Å². The standard InChI is InChI=1S/C23H15ClF4N4O3/c24-14-5-2-6-15(25)17(14)31-22-30-16-10-13(19-20(18(16)32-22)35-8-7-34-19)21(33)29-12-4-1-3-11(9-12)23(26,27)28/h1-6,9-10H,7-8H2,(H,29,33)(H2,30,31,32). The van der Waals surface area contributed by atoms with Crippen molar-refractivity contribution in [1.82, 2.24) is 9.97 Å². The van der Waals surface area contributed by atoms with Crippen LogP contribution in [0.5, 0.6) is 11.5 Å². The number of carbonyl (C=O) groups excluding carboxylic acids is 1. The number of aromatic amines is 1. The second-order valence-electron chi connectivity index (χ2n) is 7.51. The predicted octanol–water partition coefficient (Wildman–Crippen LogP) is 6.14. The van der Waals surface area contributed by atoms with Crippen molar-refractivity contribution < 1.29 is 31.8 Å². The number of nitrogens with one attached hydrogen (secondary N) is 3. The molecule has 0 radical (unpaired) electrons. The van der Waals surface area contributed by atoms with Gasteiger partial charge in [0.25, 0.3) is 5.91 Å². The maximum atomic E-state index is 14.2. The minimum Gasteiger partial charge on any atom is -0.485 e. The normalized spacial score (nSPS) is 13.1. The van der Waals surface area contributed by atoms with Crippen molar-refractivity contribution in [2.75, 3.05) is 23.8 Å². The molecule has 0 spiro atoms. The van der Waals surface area contributed by atoms with Crippen molar-refractivity contribution in [3.05, 3.63) is 70.5 Å². The van der Waals surface area contributed by atoms with E-state index < -0.39 is 23.5 Å². The van der Waals surface area contributed by atoms with Gasteiger partial charge < -0.3 is 25.1 Å². The van der Waals surface area contributed by atoms with Crippen molar-refractivity contribution in [2.45, 2.75) is 6.18 Å². The number of halogens is 5. The number of ether oxygens (including phenoxy) is 2. The SMILES string of the molecule is O=C(Nc1cccc(C(F)(F)F)c1)c1cc2nc(Nc3c(F)cccc3Cl)[nH]c2c2c1OCCO2. The lowest BCUT2D eigenvalue weighted by atomic mass is 10.1. The number of hydrogen-bond donors (Lipinski definition) is 3. The van der Waals surface area contributed by atoms with Crippen molar-refractivity contribution in [3.63, 3.8) is 0 Å². The zero-order valence-corrected chi connectivity index (χ0v) is 18.4. The molecule has 0 aliphatic carbocycles. The molecular formula is C23H15ClF4N4O3. The maximum Gasteiger partial charge on any atom is 0.416 e. The second kappa shape index (κ2) is 8.66. The topological polar surface area (TPSA) is 88.3 Å². The van der Waals surface area contributed by atoms with Crippen LogP contribution >= 0.6 is 11.6 Å². The van der Waals surface area contributed by atoms with Crippen molar-refractivity contribution in [2.24, 2.45) is 0 Å². The van der Waals surface area contributed by atoms with Crippen LogP contribution in [-0.4, -0.2) is 29.1 Å². The van der Waals surface area contributed by atoms with E-state index >= 15 is 0 Å². The largest absolute Gasteiger partial charge is 0.485 e. The Balaban J connectivity index is 1.52. The Bertz CT molecular complexity index is 1430. The number of aromatic nitrogens is 2. The van der Waals surface area contributed by atoms with Gasteiger partial charge in [-0.05, 0) is 36.4 Å². The van der Waals surface area contributed by atoms with Crippen LogP contribution in [-0.2, 0) is 6.18 Å². The molecule has 180 valence electrons. The van der Waals surface area contributed by atoms with Crippen LogP contribution in [0.25, 0.3) is 11.0 Å². The zero-order valence-electron chi connectivity index (χ0n) is 17.6. The quantitative estimate of drug-likeness (QED) is 0.289. The monoisotopic (exact) mass is 506 g/mol. The number of hydrogen-bond acceptors (Lipinski definition) is 5. The van der Waals surface area contributed by atoms with Crippen molar-refractivity contribution in [3.8, 4) is 11.5 Å². The summed E-state index contributed by atoms with van der Waals surface area (Å²) in [7, 11) is 0. The van der Waals surface area contributed by atoms with Crippen LogP contribution < -0.4 is 20.1 Å². The molecule has 5 rings (SSSR count). The molecule has 4 aromatic rings. The number of fused-ring (bicyclic) bond motifs is 3. The van der Waals surface area contributed by atoms with Crippen LogP contribution in [0.1, 0.15) is 15.9 Å². The summed E-state index contributed by atoms with van der Waals surface area (Å²) in [5, 5.41) is 5.35. The maximum absolute atomic E-state index is 14.2. The highest BCUT2D eigenvalue weighted by Crippen LogP contribution is 2.41. The van der Waals surface area contributed by atoms with Crippen LogP contribution in [0.15, 0.2) is 48.5 Å². The first-order chi connectivity index (χ1) is 16.7. The van der Waals surface area contributed by atoms with Gasteiger partial charge in [-0.3, -0.25) is 4.79 Å². The Morgan fingerprint density at radius 1 is 1.06 bits per heavy atom. The van der Waals surface area contributed by atoms with E-state index in [1.54, 1.807) is 0 Å². The van der Waals surface area contributed by atoms with Gasteiger partial charge in [0.15, 0.2) is 11.5 Å². The number of rotatable bonds is 4. The molecule has 1 aliphatic heterocycles. The van der Waals surface area contributed by atoms with E-state index in [-0.39, 0.29) is 58.1 Å². The number of anilines is 3. The first kappa shape index (κ1) is 22.8. The van der Waals surface area contributed by atoms with E-state index in [9.17, 15) is 22.4 Å². The van der Waals surface area contributed by atoms with Crippen LogP contribution in [0.2, 0.25) is 5.02 Å². The fourth-order valence-electron chi connectivity index (χ4n) is 3.61. The third-order valence-electron chi connectivity index (χ3n) is 5.17. The lowest BCUT2D eigenvalue weighted by Gasteiger charge is -2.21. The smallest absolute Gasteiger partial charge is 0.416 e. The Hall–Kier alpha value is -3.99. The van der Waals surface area contributed by atoms with Gasteiger partial charge in [0.05, 0.1) is 27.4 Å². The van der Waals surface area contributed by atoms with Crippen LogP contribution in [0.3, 0.4) is 0 Å². The number of para-hydroxylation sites is 1. The average molecular weight is 507 g/mol. The highest BCUT2D eigenvalue weighted by molar-refractivity contribution is 6.33. The highest BCUT2D eigenvalue weighted by Gasteiger charge is 2.31. The van der Waals surface area contributed by atoms with Crippen LogP contribution in [0.4, 0.5) is 34.9 Å². The van der Waals surface area contributed by atoms with Gasteiger partial charge in [-0.2, -0.15) is 13.2 Å². The average Bonchev–Trinajstić information content (AvgIpc) is 3.23. The van der Waals surface area contributed by atoms with E-state index in [4.69, 9.17) is 21.1 Å². The lowest BCUT2D eigenvalue weighted by Crippen LogP contribution is -2.20. The fourth-order valence-corrected chi connectivity index (χ4v) is 3.82. The first-order valence-corrected chi connectivity index (χ1v) is 10.6. The van der Waals surface area contributed by atoms with Crippen molar-refractivity contribution in [1.29, 1.82) is 0 Å². The summed E-state index contributed by atoms with van der Waals surface area (Å²) < 4.78 is 64.6. The van der Waals surface area contributed by atoms with Gasteiger partial charge in [0.1, 0.15) is 24.5 Å². The number of carbonyl (C=O) groups is 1. The summed E-state index contributed by atoms with van der Waals surface area (Å²) in [5.41, 5.74) is -0.284. The predicted molar refractivity (Wildman–Crippen MR) is 121 cm³/mol. The Kier molecular flexibility index (Phi) is 5.64. The van der Waals surface area contributed by atoms with Gasteiger partial charge in [-0.1, -0.05) is 23.7 Å². The molecule has 0 atom stereocenters. The molecule has 35 heavy (non-hydrogen) atoms. The Labute approximate surface area is 200 Å². The van der Waals surface area contributed by atoms with Gasteiger partial charge in [-0.15, -0.1) is 0 Å². The summed E-state index contributed by atoms with van der Waals surface area (Å²) >= 11 is 6.06. The number of nitrogens with zero attached hydrogens (tertiary/aromatic N) is 1. The number of imidazole rings is 1. The molecule has 1 aliphatic rings. The lowest BCUT2D eigenvalue weighted by molar-refractivity contribution is -0.137. The molecule has 7 nitrogen and oxygen atoms in total. The van der Waals surface area contributed by atoms with E-state index in [1.165, 1.54) is 36.4 Å². The Morgan fingerprint density at radius 3 is 2.54 bits per heavy atom. The number of amides is 1. The molecule has 1 amide bonds. The molecule has 0 fully saturated rings. The highest BCUT2D eigenvalue weighted by atomic mass is 35.5. The van der Waals surface area contributed by atoms with Gasteiger partial charge in [0, 0.05) is 5.69 Å². The van der Waals surface area contributed by atoms with E-state index in [0.717, 1.165) is 12.1 Å². The summed E-state index contributed by atoms with van der Waals surface area (Å²) in [6, 6.07) is 9.85. The summed E-state index contributed by atoms with van der Waals surface area (Å²) in [6.45, 7) is 0.355. The van der Waals surface area contributed by atoms with Gasteiger partial charge >= 0.3 is 6.18 Å². The second-order valence-corrected chi connectivity index (χ2v) is 7.92. The molecule has 12 heteroatoms. The summed E-state index contributed by atoms with van der Waals surface area (Å²) in [5.74, 6) is -0.891. The molecule has 0 bridgehead atoms. The molecule has 3 N–H and O–H groups in total. The number of benzene rings is 3. The van der Waals surface area contributed by atoms with Gasteiger partial charge in [0.2, 0.25) is 5.95 Å². The fraction of sp³-hybridized carbons (Fsp3) is 0.130. The van der Waals surface area contributed by atoms with E-state index in [0.29, 0.717) is 5.52 Å². The van der Waals surface area contributed by atoms with Crippen LogP contribution in [0, 0.1) is 5.82 Å². The third-order valence-corrected chi connectivity index (χ3v) is 5.48. The molecule has 0 unspecified atom stereocenters. The summed E-state index contributed by atoms with van der Waals surface area (Å²) in [4.78, 5) is 20.3. The summed E-state index contributed by atoms with van der Waals surface area (Å²) in [6.07, 6.45) is -4.56. The minimum absolute atomic E-state index is 0.00164. The molecule has 1 aromatic heterocycles.